The van der Waals surface area contributed by atoms with Crippen molar-refractivity contribution in [1.29, 1.82) is 0 Å². The van der Waals surface area contributed by atoms with Crippen LogP contribution < -0.4 is 0 Å². The first kappa shape index (κ1) is 21.5. The lowest BCUT2D eigenvalue weighted by atomic mass is 9.19. The van der Waals surface area contributed by atoms with E-state index in [0.29, 0.717) is 26.5 Å². The number of unbranched alkanes of at least 4 members (excludes halogenated alkanes) is 1. The molecule has 23 heavy (non-hydrogen) atoms. The van der Waals surface area contributed by atoms with Crippen LogP contribution in [0.5, 0.6) is 0 Å². The minimum Gasteiger partial charge on any atom is -0.0904 e. The molecular weight excluding hydrogens is 268 g/mol. The van der Waals surface area contributed by atoms with Crippen LogP contribution in [0, 0.1) is 11.3 Å². The number of hydrogen-bond donors (Lipinski definition) is 0. The monoisotopic (exact) mass is 308 g/mol. The molecule has 1 saturated carbocycles. The van der Waals surface area contributed by atoms with Crippen LogP contribution in [-0.4, -0.2) is 54.9 Å². The normalized spacial score (nSPS) is 37.5. The van der Waals surface area contributed by atoms with Gasteiger partial charge >= 0.3 is 0 Å². The maximum atomic E-state index is 2.63. The van der Waals surface area contributed by atoms with Crippen molar-refractivity contribution >= 4 is 54.9 Å². The zero-order chi connectivity index (χ0) is 18.5. The Balaban J connectivity index is 3.59. The summed E-state index contributed by atoms with van der Waals surface area (Å²) < 4.78 is 0. The fourth-order valence-electron chi connectivity index (χ4n) is 7.12. The maximum Gasteiger partial charge on any atom is 0.109 e. The molecule has 0 amide bonds. The minimum absolute atomic E-state index is 0.315. The second-order valence-electron chi connectivity index (χ2n) is 10.8. The van der Waals surface area contributed by atoms with E-state index >= 15 is 0 Å². The summed E-state index contributed by atoms with van der Waals surface area (Å²) in [6.45, 7) is 12.4. The summed E-state index contributed by atoms with van der Waals surface area (Å²) in [6.07, 6.45) is 5.28. The highest BCUT2D eigenvalue weighted by Crippen LogP contribution is 2.88. The molecule has 4 atom stereocenters. The van der Waals surface area contributed by atoms with E-state index in [-0.39, 0.29) is 0 Å². The van der Waals surface area contributed by atoms with Crippen molar-refractivity contribution in [2.75, 3.05) is 0 Å². The van der Waals surface area contributed by atoms with Crippen molar-refractivity contribution in [3.8, 4) is 0 Å². The molecule has 4 unspecified atom stereocenters. The number of hydrogen-bond acceptors (Lipinski definition) is 0. The molecule has 7 heteroatoms. The van der Waals surface area contributed by atoms with E-state index < -0.39 is 0 Å². The van der Waals surface area contributed by atoms with Gasteiger partial charge in [0, 0.05) is 0 Å². The first-order valence-electron chi connectivity index (χ1n) is 10.2. The zero-order valence-corrected chi connectivity index (χ0v) is 18.5. The van der Waals surface area contributed by atoms with Gasteiger partial charge in [-0.3, -0.25) is 0 Å². The SMILES string of the molecule is BC1C(B)(B)C(B)(C(B)(B)CCCC)C(C)(C)C1(B)C(C)CC. The Kier molecular flexibility index (Phi) is 5.90. The average molecular weight is 307 g/mol. The largest absolute Gasteiger partial charge is 0.109 e. The molecule has 0 aromatic carbocycles. The molecule has 1 fully saturated rings. The predicted octanol–water partition coefficient (Wildman–Crippen LogP) is -0.967. The number of rotatable bonds is 6. The second-order valence-corrected chi connectivity index (χ2v) is 10.8. The van der Waals surface area contributed by atoms with Gasteiger partial charge < -0.3 is 0 Å². The van der Waals surface area contributed by atoms with Crippen molar-refractivity contribution < 1.29 is 0 Å². The third-order valence-corrected chi connectivity index (χ3v) is 10.0. The molecule has 0 radical (unpaired) electrons. The molecule has 0 aromatic heterocycles. The van der Waals surface area contributed by atoms with Gasteiger partial charge in [0.1, 0.15) is 23.5 Å². The van der Waals surface area contributed by atoms with Crippen molar-refractivity contribution in [3.05, 3.63) is 0 Å². The van der Waals surface area contributed by atoms with Crippen LogP contribution in [0.15, 0.2) is 0 Å². The molecule has 0 aromatic rings. The van der Waals surface area contributed by atoms with Crippen molar-refractivity contribution in [2.45, 2.75) is 87.2 Å². The smallest absolute Gasteiger partial charge is 0.0904 e. The lowest BCUT2D eigenvalue weighted by Crippen LogP contribution is -2.49. The summed E-state index contributed by atoms with van der Waals surface area (Å²) >= 11 is 0. The van der Waals surface area contributed by atoms with E-state index in [9.17, 15) is 0 Å². The zero-order valence-electron chi connectivity index (χ0n) is 18.5. The Hall–Kier alpha value is 0.455. The van der Waals surface area contributed by atoms with Gasteiger partial charge in [0.15, 0.2) is 0 Å². The van der Waals surface area contributed by atoms with Crippen LogP contribution in [0.1, 0.15) is 60.3 Å². The highest BCUT2D eigenvalue weighted by Gasteiger charge is 2.72. The van der Waals surface area contributed by atoms with Crippen LogP contribution in [0.25, 0.3) is 0 Å². The molecule has 0 N–H and O–H groups in total. The summed E-state index contributed by atoms with van der Waals surface area (Å²) in [5.41, 5.74) is 0.315. The molecule has 124 valence electrons. The minimum atomic E-state index is 0.315. The molecule has 0 nitrogen and oxygen atoms in total. The van der Waals surface area contributed by atoms with Gasteiger partial charge in [-0.25, -0.2) is 0 Å². The Morgan fingerprint density at radius 1 is 1.04 bits per heavy atom. The van der Waals surface area contributed by atoms with E-state index in [0.717, 1.165) is 11.7 Å². The molecular formula is C16H39B7. The van der Waals surface area contributed by atoms with Gasteiger partial charge in [-0.2, -0.15) is 0 Å². The molecule has 0 spiro atoms. The van der Waals surface area contributed by atoms with E-state index in [4.69, 9.17) is 0 Å². The third kappa shape index (κ3) is 2.49. The van der Waals surface area contributed by atoms with Gasteiger partial charge in [-0.1, -0.05) is 87.2 Å². The lowest BCUT2D eigenvalue weighted by Gasteiger charge is -2.61. The topological polar surface area (TPSA) is 0 Å². The van der Waals surface area contributed by atoms with Gasteiger partial charge in [-0.05, 0) is 11.3 Å². The van der Waals surface area contributed by atoms with Crippen LogP contribution in [-0.2, 0) is 0 Å². The van der Waals surface area contributed by atoms with Gasteiger partial charge in [0.25, 0.3) is 0 Å². The van der Waals surface area contributed by atoms with Crippen molar-refractivity contribution in [2.24, 2.45) is 11.3 Å². The van der Waals surface area contributed by atoms with Crippen molar-refractivity contribution in [3.63, 3.8) is 0 Å². The lowest BCUT2D eigenvalue weighted by molar-refractivity contribution is 0.146. The van der Waals surface area contributed by atoms with Gasteiger partial charge in [0.05, 0.1) is 31.4 Å². The van der Waals surface area contributed by atoms with Crippen molar-refractivity contribution in [1.82, 2.24) is 0 Å². The van der Waals surface area contributed by atoms with Crippen LogP contribution in [0.3, 0.4) is 0 Å². The molecule has 0 saturated heterocycles. The summed E-state index contributed by atoms with van der Waals surface area (Å²) in [5.74, 6) is 1.49. The molecule has 1 aliphatic rings. The Morgan fingerprint density at radius 2 is 1.52 bits per heavy atom. The van der Waals surface area contributed by atoms with E-state index in [1.807, 2.05) is 0 Å². The first-order valence-corrected chi connectivity index (χ1v) is 10.2. The van der Waals surface area contributed by atoms with Crippen LogP contribution in [0.2, 0.25) is 26.9 Å². The van der Waals surface area contributed by atoms with Gasteiger partial charge in [0.2, 0.25) is 0 Å². The molecule has 0 aliphatic heterocycles. The fourth-order valence-corrected chi connectivity index (χ4v) is 7.12. The third-order valence-electron chi connectivity index (χ3n) is 10.0. The highest BCUT2D eigenvalue weighted by molar-refractivity contribution is 6.56. The Labute approximate surface area is 153 Å². The first-order chi connectivity index (χ1) is 10.2. The fraction of sp³-hybridized carbons (Fsp3) is 1.00. The molecule has 1 rings (SSSR count). The standard InChI is InChI=1S/C16H39B7/c1-6-8-9-13(18,19)16(23)12(4,5)14(20,10(3)7-2)11(17)15(16,21)22/h10-11H,6-9,17-23H2,1-5H3. The summed E-state index contributed by atoms with van der Waals surface area (Å²) in [7, 11) is 18.0. The summed E-state index contributed by atoms with van der Waals surface area (Å²) in [5, 5.41) is 1.39. The maximum absolute atomic E-state index is 2.63. The quantitative estimate of drug-likeness (QED) is 0.554. The van der Waals surface area contributed by atoms with E-state index in [1.165, 1.54) is 25.7 Å². The Bertz CT molecular complexity index is 434. The summed E-state index contributed by atoms with van der Waals surface area (Å²) in [4.78, 5) is 0. The van der Waals surface area contributed by atoms with E-state index in [1.54, 1.807) is 0 Å². The van der Waals surface area contributed by atoms with Crippen LogP contribution in [0.4, 0.5) is 0 Å². The summed E-state index contributed by atoms with van der Waals surface area (Å²) in [6, 6.07) is 0. The molecule has 0 bridgehead atoms. The van der Waals surface area contributed by atoms with Gasteiger partial charge in [-0.15, -0.1) is 0 Å². The second kappa shape index (κ2) is 6.32. The van der Waals surface area contributed by atoms with E-state index in [2.05, 4.69) is 89.5 Å². The molecule has 0 heterocycles. The predicted molar refractivity (Wildman–Crippen MR) is 127 cm³/mol. The van der Waals surface area contributed by atoms with Crippen LogP contribution >= 0.6 is 0 Å². The average Bonchev–Trinajstić information content (AvgIpc) is 2.55. The highest BCUT2D eigenvalue weighted by atomic mass is 14.7. The Morgan fingerprint density at radius 3 is 1.91 bits per heavy atom. The molecule has 1 aliphatic carbocycles.